The van der Waals surface area contributed by atoms with Gasteiger partial charge in [-0.05, 0) is 43.0 Å². The summed E-state index contributed by atoms with van der Waals surface area (Å²) in [6, 6.07) is 7.19. The maximum Gasteiger partial charge on any atom is 0.175 e. The minimum atomic E-state index is -3.12. The minimum absolute atomic E-state index is 0.284. The van der Waals surface area contributed by atoms with Gasteiger partial charge in [0.25, 0.3) is 0 Å². The van der Waals surface area contributed by atoms with Crippen molar-refractivity contribution in [1.29, 1.82) is 0 Å². The van der Waals surface area contributed by atoms with Crippen molar-refractivity contribution in [2.24, 2.45) is 11.7 Å². The fraction of sp³-hybridized carbons (Fsp3) is 0.571. The van der Waals surface area contributed by atoms with Crippen molar-refractivity contribution < 1.29 is 8.42 Å². The molecule has 106 valence electrons. The number of hydrogen-bond donors (Lipinski definition) is 2. The second-order valence-corrected chi connectivity index (χ2v) is 7.34. The maximum atomic E-state index is 11.4. The van der Waals surface area contributed by atoms with Gasteiger partial charge in [-0.3, -0.25) is 0 Å². The maximum absolute atomic E-state index is 11.4. The third kappa shape index (κ3) is 3.70. The molecule has 1 atom stereocenters. The van der Waals surface area contributed by atoms with Crippen LogP contribution in [0.5, 0.6) is 0 Å². The van der Waals surface area contributed by atoms with Crippen molar-refractivity contribution in [3.05, 3.63) is 24.3 Å². The van der Waals surface area contributed by atoms with Gasteiger partial charge >= 0.3 is 0 Å². The molecule has 1 aromatic rings. The van der Waals surface area contributed by atoms with Crippen LogP contribution in [0.4, 0.5) is 5.69 Å². The molecule has 0 saturated heterocycles. The second kappa shape index (κ2) is 5.92. The van der Waals surface area contributed by atoms with Crippen LogP contribution < -0.4 is 11.1 Å². The van der Waals surface area contributed by atoms with Crippen LogP contribution in [0.1, 0.15) is 25.7 Å². The van der Waals surface area contributed by atoms with Gasteiger partial charge in [0.1, 0.15) is 0 Å². The average Bonchev–Trinajstić information content (AvgIpc) is 2.89. The Bertz CT molecular complexity index is 505. The van der Waals surface area contributed by atoms with Gasteiger partial charge in [0.15, 0.2) is 9.84 Å². The lowest BCUT2D eigenvalue weighted by Gasteiger charge is -2.24. The Morgan fingerprint density at radius 3 is 2.32 bits per heavy atom. The molecule has 1 unspecified atom stereocenters. The van der Waals surface area contributed by atoms with Crippen molar-refractivity contribution >= 4 is 15.5 Å². The van der Waals surface area contributed by atoms with E-state index < -0.39 is 9.84 Å². The highest BCUT2D eigenvalue weighted by Gasteiger charge is 2.23. The van der Waals surface area contributed by atoms with E-state index in [4.69, 9.17) is 5.73 Å². The molecule has 1 aromatic carbocycles. The van der Waals surface area contributed by atoms with Gasteiger partial charge in [-0.25, -0.2) is 8.42 Å². The van der Waals surface area contributed by atoms with Gasteiger partial charge in [0.2, 0.25) is 0 Å². The number of anilines is 1. The van der Waals surface area contributed by atoms with Gasteiger partial charge in [0, 0.05) is 24.5 Å². The molecular formula is C14H22N2O2S. The van der Waals surface area contributed by atoms with Crippen molar-refractivity contribution in [3.63, 3.8) is 0 Å². The molecule has 0 heterocycles. The molecule has 0 bridgehead atoms. The number of nitrogens with two attached hydrogens (primary N) is 1. The van der Waals surface area contributed by atoms with Crippen molar-refractivity contribution in [2.45, 2.75) is 36.6 Å². The van der Waals surface area contributed by atoms with Gasteiger partial charge in [-0.1, -0.05) is 12.8 Å². The molecule has 3 N–H and O–H groups in total. The van der Waals surface area contributed by atoms with E-state index in [1.165, 1.54) is 31.9 Å². The Balaban J connectivity index is 2.05. The van der Waals surface area contributed by atoms with E-state index in [0.717, 1.165) is 5.69 Å². The summed E-state index contributed by atoms with van der Waals surface area (Å²) in [5.74, 6) is 0.639. The molecule has 1 saturated carbocycles. The van der Waals surface area contributed by atoms with Crippen LogP contribution >= 0.6 is 0 Å². The largest absolute Gasteiger partial charge is 0.381 e. The number of hydrogen-bond acceptors (Lipinski definition) is 4. The van der Waals surface area contributed by atoms with E-state index in [-0.39, 0.29) is 6.04 Å². The van der Waals surface area contributed by atoms with Crippen LogP contribution in [0, 0.1) is 5.92 Å². The molecule has 2 rings (SSSR count). The molecule has 19 heavy (non-hydrogen) atoms. The van der Waals surface area contributed by atoms with Crippen LogP contribution in [0.15, 0.2) is 29.2 Å². The topological polar surface area (TPSA) is 72.2 Å². The normalized spacial score (nSPS) is 18.4. The van der Waals surface area contributed by atoms with Crippen LogP contribution in [0.25, 0.3) is 0 Å². The minimum Gasteiger partial charge on any atom is -0.381 e. The van der Waals surface area contributed by atoms with E-state index in [0.29, 0.717) is 17.4 Å². The number of benzene rings is 1. The molecular weight excluding hydrogens is 260 g/mol. The quantitative estimate of drug-likeness (QED) is 0.866. The predicted octanol–water partition coefficient (Wildman–Crippen LogP) is 2.02. The van der Waals surface area contributed by atoms with E-state index in [2.05, 4.69) is 5.32 Å². The number of sulfone groups is 1. The molecule has 1 aliphatic carbocycles. The Hall–Kier alpha value is -1.07. The second-order valence-electron chi connectivity index (χ2n) is 5.33. The highest BCUT2D eigenvalue weighted by molar-refractivity contribution is 7.90. The van der Waals surface area contributed by atoms with Crippen molar-refractivity contribution in [1.82, 2.24) is 0 Å². The third-order valence-electron chi connectivity index (χ3n) is 3.86. The fourth-order valence-corrected chi connectivity index (χ4v) is 3.37. The van der Waals surface area contributed by atoms with Crippen molar-refractivity contribution in [3.8, 4) is 0 Å². The zero-order valence-corrected chi connectivity index (χ0v) is 12.1. The standard InChI is InChI=1S/C14H22N2O2S/c1-19(17,18)13-8-6-12(7-9-13)16-14(10-15)11-4-2-3-5-11/h6-9,11,14,16H,2-5,10,15H2,1H3. The molecule has 0 aromatic heterocycles. The summed E-state index contributed by atoms with van der Waals surface area (Å²) in [4.78, 5) is 0.350. The Morgan fingerprint density at radius 2 is 1.84 bits per heavy atom. The molecule has 0 spiro atoms. The van der Waals surface area contributed by atoms with E-state index in [1.807, 2.05) is 12.1 Å². The lowest BCUT2D eigenvalue weighted by Crippen LogP contribution is -2.35. The first kappa shape index (κ1) is 14.3. The smallest absolute Gasteiger partial charge is 0.175 e. The lowest BCUT2D eigenvalue weighted by molar-refractivity contribution is 0.462. The summed E-state index contributed by atoms with van der Waals surface area (Å²) in [6.07, 6.45) is 6.26. The summed E-state index contributed by atoms with van der Waals surface area (Å²) in [5.41, 5.74) is 6.78. The monoisotopic (exact) mass is 282 g/mol. The highest BCUT2D eigenvalue weighted by Crippen LogP contribution is 2.29. The van der Waals surface area contributed by atoms with E-state index in [9.17, 15) is 8.42 Å². The average molecular weight is 282 g/mol. The summed E-state index contributed by atoms with van der Waals surface area (Å²) >= 11 is 0. The molecule has 0 aliphatic heterocycles. The van der Waals surface area contributed by atoms with Crippen molar-refractivity contribution in [2.75, 3.05) is 18.1 Å². The van der Waals surface area contributed by atoms with Gasteiger partial charge in [-0.2, -0.15) is 0 Å². The number of nitrogens with one attached hydrogen (secondary N) is 1. The van der Waals surface area contributed by atoms with Crippen LogP contribution in [0.3, 0.4) is 0 Å². The molecule has 1 fully saturated rings. The summed E-state index contributed by atoms with van der Waals surface area (Å²) in [5, 5.41) is 3.43. The molecule has 5 heteroatoms. The van der Waals surface area contributed by atoms with E-state index >= 15 is 0 Å². The molecule has 4 nitrogen and oxygen atoms in total. The van der Waals surface area contributed by atoms with Gasteiger partial charge in [-0.15, -0.1) is 0 Å². The summed E-state index contributed by atoms with van der Waals surface area (Å²) < 4.78 is 22.8. The summed E-state index contributed by atoms with van der Waals surface area (Å²) in [7, 11) is -3.12. The lowest BCUT2D eigenvalue weighted by atomic mass is 9.98. The predicted molar refractivity (Wildman–Crippen MR) is 78.0 cm³/mol. The van der Waals surface area contributed by atoms with Crippen LogP contribution in [0.2, 0.25) is 0 Å². The molecule has 0 amide bonds. The van der Waals surface area contributed by atoms with Crippen LogP contribution in [-0.2, 0) is 9.84 Å². The Morgan fingerprint density at radius 1 is 1.26 bits per heavy atom. The zero-order valence-electron chi connectivity index (χ0n) is 11.3. The summed E-state index contributed by atoms with van der Waals surface area (Å²) in [6.45, 7) is 0.610. The first-order valence-electron chi connectivity index (χ1n) is 6.77. The highest BCUT2D eigenvalue weighted by atomic mass is 32.2. The Kier molecular flexibility index (Phi) is 4.47. The zero-order chi connectivity index (χ0) is 13.9. The number of rotatable bonds is 5. The first-order chi connectivity index (χ1) is 9.00. The van der Waals surface area contributed by atoms with Gasteiger partial charge < -0.3 is 11.1 Å². The van der Waals surface area contributed by atoms with Crippen LogP contribution in [-0.4, -0.2) is 27.3 Å². The molecule has 0 radical (unpaired) electrons. The Labute approximate surface area is 115 Å². The van der Waals surface area contributed by atoms with E-state index in [1.54, 1.807) is 12.1 Å². The van der Waals surface area contributed by atoms with Gasteiger partial charge in [0.05, 0.1) is 4.90 Å². The first-order valence-corrected chi connectivity index (χ1v) is 8.66. The fourth-order valence-electron chi connectivity index (χ4n) is 2.74. The SMILES string of the molecule is CS(=O)(=O)c1ccc(NC(CN)C2CCCC2)cc1. The molecule has 1 aliphatic rings. The third-order valence-corrected chi connectivity index (χ3v) is 4.99.